The number of nitrogens with one attached hydrogen (secondary N) is 1. The zero-order valence-electron chi connectivity index (χ0n) is 42.8. The molecule has 6 nitrogen and oxygen atoms in total. The van der Waals surface area contributed by atoms with Crippen molar-refractivity contribution < 1.29 is 24.5 Å². The number of carbonyl (C=O) groups excluding carboxylic acids is 2. The average Bonchev–Trinajstić information content (AvgIpc) is 3.29. The molecule has 0 spiro atoms. The van der Waals surface area contributed by atoms with Crippen LogP contribution in [0.1, 0.15) is 296 Å². The average molecular weight is 901 g/mol. The van der Waals surface area contributed by atoms with Gasteiger partial charge in [-0.05, 0) is 83.5 Å². The molecule has 3 N–H and O–H groups in total. The zero-order chi connectivity index (χ0) is 46.5. The topological polar surface area (TPSA) is 95.9 Å². The molecule has 0 radical (unpaired) electrons. The molecule has 0 rings (SSSR count). The first-order valence-electron chi connectivity index (χ1n) is 28.2. The Morgan fingerprint density at radius 1 is 0.438 bits per heavy atom. The minimum absolute atomic E-state index is 0.00000262. The van der Waals surface area contributed by atoms with E-state index >= 15 is 0 Å². The molecule has 2 unspecified atom stereocenters. The Bertz CT molecular complexity index is 1040. The molecular formula is C58H109NO5. The quantitative estimate of drug-likeness (QED) is 0.0321. The number of hydrogen-bond donors (Lipinski definition) is 3. The number of allylic oxidation sites excluding steroid dienone is 6. The number of rotatable bonds is 52. The van der Waals surface area contributed by atoms with Crippen LogP contribution in [0.15, 0.2) is 36.5 Å². The van der Waals surface area contributed by atoms with Crippen molar-refractivity contribution in [3.63, 3.8) is 0 Å². The number of amides is 1. The van der Waals surface area contributed by atoms with E-state index in [-0.39, 0.29) is 18.5 Å². The monoisotopic (exact) mass is 900 g/mol. The second kappa shape index (κ2) is 53.7. The molecule has 64 heavy (non-hydrogen) atoms. The molecule has 1 amide bonds. The van der Waals surface area contributed by atoms with Gasteiger partial charge in [0.25, 0.3) is 0 Å². The molecule has 2 atom stereocenters. The lowest BCUT2D eigenvalue weighted by atomic mass is 10.0. The first-order chi connectivity index (χ1) is 31.5. The van der Waals surface area contributed by atoms with Gasteiger partial charge in [-0.2, -0.15) is 0 Å². The maximum atomic E-state index is 12.4. The zero-order valence-corrected chi connectivity index (χ0v) is 42.8. The van der Waals surface area contributed by atoms with Gasteiger partial charge in [0, 0.05) is 12.8 Å². The van der Waals surface area contributed by atoms with Crippen molar-refractivity contribution in [3.05, 3.63) is 36.5 Å². The smallest absolute Gasteiger partial charge is 0.305 e. The standard InChI is InChI=1S/C58H109NO5/c1-3-5-7-9-11-13-14-15-16-22-26-29-32-36-40-44-48-52-58(63)64-53-49-45-41-37-33-30-27-24-21-19-17-18-20-23-25-28-31-35-39-43-47-51-57(62)59-55(54-60)56(61)50-46-42-38-34-12-10-8-6-4-2/h11,13,15-16,18,20,55-56,60-61H,3-10,12,14,17,19,21-54H2,1-2H3,(H,59,62)/b13-11-,16-15-,20-18-. The highest BCUT2D eigenvalue weighted by Crippen LogP contribution is 2.16. The fraction of sp³-hybridized carbons (Fsp3) is 0.862. The van der Waals surface area contributed by atoms with E-state index in [0.29, 0.717) is 25.9 Å². The van der Waals surface area contributed by atoms with Crippen molar-refractivity contribution in [2.24, 2.45) is 0 Å². The summed E-state index contributed by atoms with van der Waals surface area (Å²) in [6.45, 7) is 4.90. The van der Waals surface area contributed by atoms with Crippen LogP contribution in [-0.4, -0.2) is 47.4 Å². The molecule has 376 valence electrons. The van der Waals surface area contributed by atoms with E-state index in [9.17, 15) is 19.8 Å². The molecule has 0 aliphatic carbocycles. The Hall–Kier alpha value is -1.92. The van der Waals surface area contributed by atoms with Crippen molar-refractivity contribution in [1.82, 2.24) is 5.32 Å². The van der Waals surface area contributed by atoms with E-state index in [0.717, 1.165) is 51.4 Å². The normalized spacial score (nSPS) is 12.9. The third-order valence-corrected chi connectivity index (χ3v) is 12.9. The van der Waals surface area contributed by atoms with Crippen LogP contribution in [0.4, 0.5) is 0 Å². The van der Waals surface area contributed by atoms with Crippen molar-refractivity contribution in [2.75, 3.05) is 13.2 Å². The summed E-state index contributed by atoms with van der Waals surface area (Å²) in [6, 6.07) is -0.545. The summed E-state index contributed by atoms with van der Waals surface area (Å²) in [6.07, 6.45) is 65.7. The summed E-state index contributed by atoms with van der Waals surface area (Å²) >= 11 is 0. The van der Waals surface area contributed by atoms with Crippen LogP contribution in [0.3, 0.4) is 0 Å². The number of unbranched alkanes of at least 4 members (excludes halogenated alkanes) is 35. The Labute approximate surface area is 398 Å². The van der Waals surface area contributed by atoms with Gasteiger partial charge in [0.1, 0.15) is 0 Å². The van der Waals surface area contributed by atoms with Gasteiger partial charge in [-0.25, -0.2) is 0 Å². The van der Waals surface area contributed by atoms with Gasteiger partial charge in [-0.3, -0.25) is 9.59 Å². The van der Waals surface area contributed by atoms with Crippen molar-refractivity contribution >= 4 is 11.9 Å². The number of aliphatic hydroxyl groups excluding tert-OH is 2. The highest BCUT2D eigenvalue weighted by Gasteiger charge is 2.20. The van der Waals surface area contributed by atoms with Crippen LogP contribution in [0.2, 0.25) is 0 Å². The van der Waals surface area contributed by atoms with E-state index < -0.39 is 12.1 Å². The number of ether oxygens (including phenoxy) is 1. The number of esters is 1. The number of carbonyl (C=O) groups is 2. The fourth-order valence-corrected chi connectivity index (χ4v) is 8.55. The first kappa shape index (κ1) is 62.1. The molecular weight excluding hydrogens is 791 g/mol. The van der Waals surface area contributed by atoms with E-state index in [1.54, 1.807) is 0 Å². The van der Waals surface area contributed by atoms with Crippen molar-refractivity contribution in [1.29, 1.82) is 0 Å². The molecule has 0 aromatic rings. The summed E-state index contributed by atoms with van der Waals surface area (Å²) in [5.74, 6) is -0.0456. The summed E-state index contributed by atoms with van der Waals surface area (Å²) in [4.78, 5) is 24.5. The van der Waals surface area contributed by atoms with Gasteiger partial charge in [-0.1, -0.05) is 237 Å². The van der Waals surface area contributed by atoms with Crippen molar-refractivity contribution in [3.8, 4) is 0 Å². The van der Waals surface area contributed by atoms with E-state index in [4.69, 9.17) is 4.74 Å². The van der Waals surface area contributed by atoms with Gasteiger partial charge in [0.15, 0.2) is 0 Å². The molecule has 6 heteroatoms. The van der Waals surface area contributed by atoms with Crippen LogP contribution in [0.5, 0.6) is 0 Å². The lowest BCUT2D eigenvalue weighted by Gasteiger charge is -2.22. The second-order valence-corrected chi connectivity index (χ2v) is 19.3. The van der Waals surface area contributed by atoms with Gasteiger partial charge in [-0.15, -0.1) is 0 Å². The third-order valence-electron chi connectivity index (χ3n) is 12.9. The van der Waals surface area contributed by atoms with Gasteiger partial charge in [0.05, 0.1) is 25.4 Å². The minimum atomic E-state index is -0.667. The molecule has 0 aliphatic rings. The molecule has 0 saturated carbocycles. The van der Waals surface area contributed by atoms with Crippen LogP contribution >= 0.6 is 0 Å². The Morgan fingerprint density at radius 2 is 0.781 bits per heavy atom. The summed E-state index contributed by atoms with van der Waals surface area (Å²) in [5.41, 5.74) is 0. The summed E-state index contributed by atoms with van der Waals surface area (Å²) < 4.78 is 5.48. The van der Waals surface area contributed by atoms with E-state index in [1.807, 2.05) is 0 Å². The highest BCUT2D eigenvalue weighted by molar-refractivity contribution is 5.76. The van der Waals surface area contributed by atoms with E-state index in [1.165, 1.54) is 212 Å². The Kier molecular flexibility index (Phi) is 52.1. The van der Waals surface area contributed by atoms with Gasteiger partial charge < -0.3 is 20.3 Å². The highest BCUT2D eigenvalue weighted by atomic mass is 16.5. The predicted molar refractivity (Wildman–Crippen MR) is 278 cm³/mol. The minimum Gasteiger partial charge on any atom is -0.466 e. The second-order valence-electron chi connectivity index (χ2n) is 19.3. The lowest BCUT2D eigenvalue weighted by Crippen LogP contribution is -2.45. The molecule has 0 bridgehead atoms. The fourth-order valence-electron chi connectivity index (χ4n) is 8.55. The molecule has 0 fully saturated rings. The molecule has 0 aromatic carbocycles. The van der Waals surface area contributed by atoms with Crippen LogP contribution in [-0.2, 0) is 14.3 Å². The largest absolute Gasteiger partial charge is 0.466 e. The molecule has 0 saturated heterocycles. The maximum Gasteiger partial charge on any atom is 0.305 e. The summed E-state index contributed by atoms with van der Waals surface area (Å²) in [7, 11) is 0. The lowest BCUT2D eigenvalue weighted by molar-refractivity contribution is -0.143. The molecule has 0 aliphatic heterocycles. The Balaban J connectivity index is 3.40. The Morgan fingerprint density at radius 3 is 1.23 bits per heavy atom. The van der Waals surface area contributed by atoms with Crippen LogP contribution in [0.25, 0.3) is 0 Å². The predicted octanol–water partition coefficient (Wildman–Crippen LogP) is 17.2. The number of aliphatic hydroxyl groups is 2. The maximum absolute atomic E-state index is 12.4. The summed E-state index contributed by atoms with van der Waals surface area (Å²) in [5, 5.41) is 23.1. The van der Waals surface area contributed by atoms with Crippen molar-refractivity contribution in [2.45, 2.75) is 309 Å². The van der Waals surface area contributed by atoms with Crippen LogP contribution < -0.4 is 5.32 Å². The molecule has 0 heterocycles. The first-order valence-corrected chi connectivity index (χ1v) is 28.2. The number of hydrogen-bond acceptors (Lipinski definition) is 5. The SMILES string of the molecule is CCCCC/C=C\C/C=C\CCCCCCCCCC(=O)OCCCCCCCCCCCC/C=C\CCCCCCCCCC(=O)NC(CO)C(O)CCCCCCCCCCC. The molecule has 0 aromatic heterocycles. The third kappa shape index (κ3) is 49.5. The van der Waals surface area contributed by atoms with Crippen LogP contribution in [0, 0.1) is 0 Å². The van der Waals surface area contributed by atoms with E-state index in [2.05, 4.69) is 55.6 Å². The van der Waals surface area contributed by atoms with Gasteiger partial charge >= 0.3 is 5.97 Å². The van der Waals surface area contributed by atoms with Gasteiger partial charge in [0.2, 0.25) is 5.91 Å².